The highest BCUT2D eigenvalue weighted by atomic mass is 16.5. The zero-order chi connectivity index (χ0) is 29.5. The van der Waals surface area contributed by atoms with Crippen molar-refractivity contribution in [3.8, 4) is 11.1 Å². The average Bonchev–Trinajstić information content (AvgIpc) is 3.65. The molecule has 3 unspecified atom stereocenters. The van der Waals surface area contributed by atoms with Gasteiger partial charge in [-0.05, 0) is 53.5 Å². The number of alkyl carbamates (subject to hydrolysis) is 1. The Morgan fingerprint density at radius 2 is 1.45 bits per heavy atom. The van der Waals surface area contributed by atoms with Gasteiger partial charge in [0.25, 0.3) is 0 Å². The summed E-state index contributed by atoms with van der Waals surface area (Å²) < 4.78 is 11.5. The van der Waals surface area contributed by atoms with Gasteiger partial charge in [0, 0.05) is 18.4 Å². The molecule has 5 rings (SSSR count). The number of fused-ring (bicyclic) bond motifs is 3. The van der Waals surface area contributed by atoms with Crippen LogP contribution in [0.4, 0.5) is 4.79 Å². The Hall–Kier alpha value is -4.17. The molecule has 2 aliphatic carbocycles. The Morgan fingerprint density at radius 1 is 0.857 bits per heavy atom. The van der Waals surface area contributed by atoms with Gasteiger partial charge in [0.05, 0.1) is 12.7 Å². The molecule has 0 bridgehead atoms. The topological polar surface area (TPSA) is 114 Å². The van der Waals surface area contributed by atoms with Crippen LogP contribution in [0.25, 0.3) is 11.1 Å². The molecule has 0 heterocycles. The van der Waals surface area contributed by atoms with E-state index in [4.69, 9.17) is 9.47 Å². The maximum atomic E-state index is 13.1. The highest BCUT2D eigenvalue weighted by molar-refractivity contribution is 5.84. The molecule has 220 valence electrons. The Bertz CT molecular complexity index is 1340. The minimum Gasteiger partial charge on any atom is -0.480 e. The number of carboxylic acid groups (broad SMARTS) is 1. The molecule has 0 saturated heterocycles. The van der Waals surface area contributed by atoms with Crippen LogP contribution in [-0.4, -0.2) is 47.9 Å². The third kappa shape index (κ3) is 6.99. The van der Waals surface area contributed by atoms with E-state index in [-0.39, 0.29) is 31.5 Å². The predicted octanol–water partition coefficient (Wildman–Crippen LogP) is 5.65. The van der Waals surface area contributed by atoms with Crippen molar-refractivity contribution in [2.75, 3.05) is 6.61 Å². The first-order chi connectivity index (χ1) is 20.4. The average molecular weight is 571 g/mol. The van der Waals surface area contributed by atoms with E-state index in [0.29, 0.717) is 0 Å². The first-order valence-electron chi connectivity index (χ1n) is 14.7. The fourth-order valence-electron chi connectivity index (χ4n) is 6.20. The van der Waals surface area contributed by atoms with E-state index in [1.165, 1.54) is 0 Å². The summed E-state index contributed by atoms with van der Waals surface area (Å²) in [5.41, 5.74) is 5.46. The number of carbonyl (C=O) groups excluding carboxylic acids is 2. The van der Waals surface area contributed by atoms with Crippen LogP contribution in [0.5, 0.6) is 0 Å². The van der Waals surface area contributed by atoms with Crippen LogP contribution in [0.3, 0.4) is 0 Å². The fraction of sp³-hybridized carbons (Fsp3) is 0.382. The van der Waals surface area contributed by atoms with Crippen LogP contribution in [0, 0.1) is 5.92 Å². The summed E-state index contributed by atoms with van der Waals surface area (Å²) in [6, 6.07) is 24.1. The van der Waals surface area contributed by atoms with Crippen molar-refractivity contribution in [3.63, 3.8) is 0 Å². The summed E-state index contributed by atoms with van der Waals surface area (Å²) in [7, 11) is 0. The van der Waals surface area contributed by atoms with E-state index >= 15 is 0 Å². The lowest BCUT2D eigenvalue weighted by Gasteiger charge is -2.26. The molecule has 42 heavy (non-hydrogen) atoms. The largest absolute Gasteiger partial charge is 0.480 e. The number of carbonyl (C=O) groups is 3. The summed E-state index contributed by atoms with van der Waals surface area (Å²) in [5.74, 6) is -1.57. The van der Waals surface area contributed by atoms with Gasteiger partial charge in [0.2, 0.25) is 5.91 Å². The van der Waals surface area contributed by atoms with Crippen molar-refractivity contribution in [2.24, 2.45) is 5.92 Å². The van der Waals surface area contributed by atoms with Gasteiger partial charge in [0.1, 0.15) is 6.61 Å². The Kier molecular flexibility index (Phi) is 9.54. The van der Waals surface area contributed by atoms with Crippen molar-refractivity contribution < 1.29 is 29.0 Å². The molecule has 1 saturated carbocycles. The summed E-state index contributed by atoms with van der Waals surface area (Å²) in [6.07, 6.45) is 2.46. The van der Waals surface area contributed by atoms with Gasteiger partial charge in [-0.25, -0.2) is 9.59 Å². The normalized spacial score (nSPS) is 16.6. The van der Waals surface area contributed by atoms with Crippen molar-refractivity contribution in [2.45, 2.75) is 69.7 Å². The summed E-state index contributed by atoms with van der Waals surface area (Å²) in [4.78, 5) is 38.2. The zero-order valence-electron chi connectivity index (χ0n) is 23.8. The highest BCUT2D eigenvalue weighted by Crippen LogP contribution is 2.44. The second-order valence-electron chi connectivity index (χ2n) is 11.2. The smallest absolute Gasteiger partial charge is 0.407 e. The third-order valence-corrected chi connectivity index (χ3v) is 8.43. The number of nitrogens with one attached hydrogen (secondary N) is 2. The minimum atomic E-state index is -1.22. The number of amides is 2. The van der Waals surface area contributed by atoms with Crippen molar-refractivity contribution in [1.29, 1.82) is 0 Å². The SMILES string of the molecule is CC(OCc1ccccc1)C(NC(=O)CC(NC(=O)OCC1c2ccccc2-c2ccccc21)C1CCCC1)C(=O)O. The number of hydrogen-bond donors (Lipinski definition) is 3. The molecule has 3 atom stereocenters. The van der Waals surface area contributed by atoms with Crippen LogP contribution in [0.15, 0.2) is 78.9 Å². The van der Waals surface area contributed by atoms with Crippen LogP contribution in [0.2, 0.25) is 0 Å². The Labute approximate surface area is 246 Å². The molecule has 3 N–H and O–H groups in total. The predicted molar refractivity (Wildman–Crippen MR) is 159 cm³/mol. The maximum Gasteiger partial charge on any atom is 0.407 e. The standard InChI is InChI=1S/C34H38N2O6/c1-22(41-20-23-11-3-2-4-12-23)32(33(38)39)36-31(37)19-30(24-13-5-6-14-24)35-34(40)42-21-29-27-17-9-7-15-25(27)26-16-8-10-18-28(26)29/h2-4,7-12,15-18,22,24,29-30,32H,5-6,13-14,19-21H2,1H3,(H,35,40)(H,36,37)(H,38,39). The van der Waals surface area contributed by atoms with Gasteiger partial charge < -0.3 is 25.2 Å². The van der Waals surface area contributed by atoms with Crippen molar-refractivity contribution in [1.82, 2.24) is 10.6 Å². The molecule has 0 aliphatic heterocycles. The molecule has 0 aromatic heterocycles. The van der Waals surface area contributed by atoms with Gasteiger partial charge in [-0.3, -0.25) is 4.79 Å². The van der Waals surface area contributed by atoms with E-state index < -0.39 is 36.2 Å². The second-order valence-corrected chi connectivity index (χ2v) is 11.2. The van der Waals surface area contributed by atoms with Crippen LogP contribution in [-0.2, 0) is 25.7 Å². The first kappa shape index (κ1) is 29.3. The van der Waals surface area contributed by atoms with E-state index in [1.807, 2.05) is 54.6 Å². The lowest BCUT2D eigenvalue weighted by Crippen LogP contribution is -2.51. The molecule has 3 aromatic rings. The van der Waals surface area contributed by atoms with Crippen LogP contribution < -0.4 is 10.6 Å². The van der Waals surface area contributed by atoms with Crippen LogP contribution in [0.1, 0.15) is 61.6 Å². The lowest BCUT2D eigenvalue weighted by molar-refractivity contribution is -0.146. The first-order valence-corrected chi connectivity index (χ1v) is 14.7. The Morgan fingerprint density at radius 3 is 2.07 bits per heavy atom. The van der Waals surface area contributed by atoms with E-state index in [0.717, 1.165) is 53.5 Å². The minimum absolute atomic E-state index is 0.0377. The molecule has 2 aliphatic rings. The summed E-state index contributed by atoms with van der Waals surface area (Å²) in [6.45, 7) is 2.04. The quantitative estimate of drug-likeness (QED) is 0.259. The highest BCUT2D eigenvalue weighted by Gasteiger charge is 2.33. The summed E-state index contributed by atoms with van der Waals surface area (Å²) >= 11 is 0. The molecular weight excluding hydrogens is 532 g/mol. The fourth-order valence-corrected chi connectivity index (χ4v) is 6.20. The number of aliphatic carboxylic acids is 1. The van der Waals surface area contributed by atoms with Crippen molar-refractivity contribution >= 4 is 18.0 Å². The molecular formula is C34H38N2O6. The molecule has 0 radical (unpaired) electrons. The number of rotatable bonds is 12. The van der Waals surface area contributed by atoms with Gasteiger partial charge in [-0.2, -0.15) is 0 Å². The number of benzene rings is 3. The van der Waals surface area contributed by atoms with Gasteiger partial charge in [0.15, 0.2) is 6.04 Å². The van der Waals surface area contributed by atoms with Gasteiger partial charge >= 0.3 is 12.1 Å². The van der Waals surface area contributed by atoms with E-state index in [9.17, 15) is 19.5 Å². The lowest BCUT2D eigenvalue weighted by atomic mass is 9.95. The molecule has 8 nitrogen and oxygen atoms in total. The second kappa shape index (κ2) is 13.7. The Balaban J connectivity index is 1.19. The van der Waals surface area contributed by atoms with Gasteiger partial charge in [-0.15, -0.1) is 0 Å². The monoisotopic (exact) mass is 570 g/mol. The van der Waals surface area contributed by atoms with Crippen LogP contribution >= 0.6 is 0 Å². The zero-order valence-corrected chi connectivity index (χ0v) is 23.8. The number of ether oxygens (including phenoxy) is 2. The molecule has 3 aromatic carbocycles. The number of carboxylic acids is 1. The van der Waals surface area contributed by atoms with E-state index in [1.54, 1.807) is 6.92 Å². The molecule has 0 spiro atoms. The molecule has 2 amide bonds. The maximum absolute atomic E-state index is 13.1. The van der Waals surface area contributed by atoms with E-state index in [2.05, 4.69) is 34.9 Å². The molecule has 8 heteroatoms. The third-order valence-electron chi connectivity index (χ3n) is 8.43. The molecule has 1 fully saturated rings. The summed E-state index contributed by atoms with van der Waals surface area (Å²) in [5, 5.41) is 15.4. The van der Waals surface area contributed by atoms with Gasteiger partial charge in [-0.1, -0.05) is 91.7 Å². The number of hydrogen-bond acceptors (Lipinski definition) is 5. The van der Waals surface area contributed by atoms with Crippen molar-refractivity contribution in [3.05, 3.63) is 95.6 Å².